The first-order valence-corrected chi connectivity index (χ1v) is 7.11. The lowest BCUT2D eigenvalue weighted by atomic mass is 10.1. The number of aromatic nitrogens is 1. The Labute approximate surface area is 138 Å². The molecule has 0 aliphatic rings. The minimum atomic E-state index is -0.308. The molecule has 0 aliphatic carbocycles. The van der Waals surface area contributed by atoms with Gasteiger partial charge in [-0.25, -0.2) is 4.98 Å². The molecule has 0 saturated heterocycles. The van der Waals surface area contributed by atoms with E-state index in [0.29, 0.717) is 39.6 Å². The molecule has 0 bridgehead atoms. The summed E-state index contributed by atoms with van der Waals surface area (Å²) in [6.07, 6.45) is 1.36. The van der Waals surface area contributed by atoms with Gasteiger partial charge in [-0.05, 0) is 30.3 Å². The van der Waals surface area contributed by atoms with Crippen molar-refractivity contribution in [1.29, 1.82) is 0 Å². The van der Waals surface area contributed by atoms with Crippen molar-refractivity contribution in [2.45, 2.75) is 0 Å². The van der Waals surface area contributed by atoms with Crippen LogP contribution in [-0.2, 0) is 0 Å². The number of amides is 1. The van der Waals surface area contributed by atoms with Crippen molar-refractivity contribution in [3.63, 3.8) is 0 Å². The number of anilines is 1. The number of carbonyl (C=O) groups excluding carboxylic acids is 1. The highest BCUT2D eigenvalue weighted by Crippen LogP contribution is 2.38. The lowest BCUT2D eigenvalue weighted by molar-refractivity contribution is 0.102. The number of benzene rings is 2. The molecule has 2 aromatic carbocycles. The predicted molar refractivity (Wildman–Crippen MR) is 88.1 cm³/mol. The number of fused-ring (bicyclic) bond motifs is 1. The van der Waals surface area contributed by atoms with E-state index in [1.165, 1.54) is 27.7 Å². The van der Waals surface area contributed by atoms with Crippen LogP contribution in [0.3, 0.4) is 0 Å². The largest absolute Gasteiger partial charge is 0.493 e. The molecule has 7 nitrogen and oxygen atoms in total. The molecule has 24 heavy (non-hydrogen) atoms. The minimum absolute atomic E-state index is 0.308. The maximum absolute atomic E-state index is 12.5. The van der Waals surface area contributed by atoms with E-state index in [1.54, 1.807) is 30.3 Å². The number of carbonyl (C=O) groups is 1. The van der Waals surface area contributed by atoms with Crippen molar-refractivity contribution in [3.05, 3.63) is 42.3 Å². The van der Waals surface area contributed by atoms with Gasteiger partial charge in [0.25, 0.3) is 5.91 Å². The molecule has 0 atom stereocenters. The highest BCUT2D eigenvalue weighted by atomic mass is 16.5. The van der Waals surface area contributed by atoms with Crippen LogP contribution >= 0.6 is 0 Å². The van der Waals surface area contributed by atoms with Crippen LogP contribution < -0.4 is 19.5 Å². The summed E-state index contributed by atoms with van der Waals surface area (Å²) in [6, 6.07) is 8.39. The average molecular weight is 328 g/mol. The monoisotopic (exact) mass is 328 g/mol. The molecule has 0 aliphatic heterocycles. The van der Waals surface area contributed by atoms with E-state index in [2.05, 4.69) is 10.3 Å². The van der Waals surface area contributed by atoms with Gasteiger partial charge in [-0.2, -0.15) is 0 Å². The fourth-order valence-electron chi connectivity index (χ4n) is 2.35. The van der Waals surface area contributed by atoms with Crippen molar-refractivity contribution in [2.75, 3.05) is 26.6 Å². The minimum Gasteiger partial charge on any atom is -0.493 e. The van der Waals surface area contributed by atoms with E-state index >= 15 is 0 Å². The van der Waals surface area contributed by atoms with Gasteiger partial charge in [-0.1, -0.05) is 0 Å². The third-order valence-electron chi connectivity index (χ3n) is 3.52. The third-order valence-corrected chi connectivity index (χ3v) is 3.52. The van der Waals surface area contributed by atoms with E-state index in [-0.39, 0.29) is 5.91 Å². The second-order valence-electron chi connectivity index (χ2n) is 4.90. The molecule has 0 spiro atoms. The predicted octanol–water partition coefficient (Wildman–Crippen LogP) is 3.11. The van der Waals surface area contributed by atoms with Gasteiger partial charge in [0.05, 0.1) is 21.3 Å². The van der Waals surface area contributed by atoms with Crippen LogP contribution in [0.4, 0.5) is 5.69 Å². The van der Waals surface area contributed by atoms with Crippen LogP contribution in [0.15, 0.2) is 41.1 Å². The molecule has 0 radical (unpaired) electrons. The molecule has 124 valence electrons. The van der Waals surface area contributed by atoms with Crippen LogP contribution in [-0.4, -0.2) is 32.2 Å². The van der Waals surface area contributed by atoms with Gasteiger partial charge >= 0.3 is 0 Å². The molecular weight excluding hydrogens is 312 g/mol. The number of oxazole rings is 1. The van der Waals surface area contributed by atoms with Gasteiger partial charge in [-0.15, -0.1) is 0 Å². The van der Waals surface area contributed by atoms with Crippen LogP contribution in [0.1, 0.15) is 10.4 Å². The average Bonchev–Trinajstić information content (AvgIpc) is 3.07. The number of hydrogen-bond donors (Lipinski definition) is 1. The van der Waals surface area contributed by atoms with Gasteiger partial charge in [0.2, 0.25) is 5.75 Å². The molecule has 3 aromatic rings. The van der Waals surface area contributed by atoms with E-state index < -0.39 is 0 Å². The quantitative estimate of drug-likeness (QED) is 0.775. The Morgan fingerprint density at radius 2 is 1.75 bits per heavy atom. The molecule has 1 aromatic heterocycles. The first kappa shape index (κ1) is 15.7. The molecule has 7 heteroatoms. The first-order chi connectivity index (χ1) is 11.7. The third kappa shape index (κ3) is 2.83. The Morgan fingerprint density at radius 1 is 1.04 bits per heavy atom. The fraction of sp³-hybridized carbons (Fsp3) is 0.176. The SMILES string of the molecule is COc1cc(C(=O)Nc2ccc3ocnc3c2)cc(OC)c1OC. The van der Waals surface area contributed by atoms with E-state index in [1.807, 2.05) is 0 Å². The van der Waals surface area contributed by atoms with Crippen LogP contribution in [0.5, 0.6) is 17.2 Å². The number of nitrogens with zero attached hydrogens (tertiary/aromatic N) is 1. The molecule has 0 saturated carbocycles. The lowest BCUT2D eigenvalue weighted by Crippen LogP contribution is -2.12. The zero-order valence-electron chi connectivity index (χ0n) is 13.5. The normalized spacial score (nSPS) is 10.5. The van der Waals surface area contributed by atoms with Crippen LogP contribution in [0.25, 0.3) is 11.1 Å². The number of rotatable bonds is 5. The van der Waals surface area contributed by atoms with E-state index in [4.69, 9.17) is 18.6 Å². The van der Waals surface area contributed by atoms with Gasteiger partial charge in [0, 0.05) is 11.3 Å². The Hall–Kier alpha value is -3.22. The molecule has 1 N–H and O–H groups in total. The zero-order chi connectivity index (χ0) is 17.1. The van der Waals surface area contributed by atoms with Gasteiger partial charge < -0.3 is 23.9 Å². The topological polar surface area (TPSA) is 82.8 Å². The van der Waals surface area contributed by atoms with Crippen molar-refractivity contribution in [1.82, 2.24) is 4.98 Å². The summed E-state index contributed by atoms with van der Waals surface area (Å²) in [5.74, 6) is 0.945. The summed E-state index contributed by atoms with van der Waals surface area (Å²) in [5, 5.41) is 2.81. The number of hydrogen-bond acceptors (Lipinski definition) is 6. The standard InChI is InChI=1S/C17H16N2O5/c1-21-14-6-10(7-15(22-2)16(14)23-3)17(20)19-11-4-5-13-12(8-11)18-9-24-13/h4-9H,1-3H3,(H,19,20). The van der Waals surface area contributed by atoms with Gasteiger partial charge in [0.1, 0.15) is 5.52 Å². The summed E-state index contributed by atoms with van der Waals surface area (Å²) in [4.78, 5) is 16.6. The Bertz CT molecular complexity index is 863. The summed E-state index contributed by atoms with van der Waals surface area (Å²) >= 11 is 0. The maximum atomic E-state index is 12.5. The lowest BCUT2D eigenvalue weighted by Gasteiger charge is -2.14. The van der Waals surface area contributed by atoms with Gasteiger partial charge in [-0.3, -0.25) is 4.79 Å². The maximum Gasteiger partial charge on any atom is 0.255 e. The number of methoxy groups -OCH3 is 3. The number of nitrogens with one attached hydrogen (secondary N) is 1. The smallest absolute Gasteiger partial charge is 0.255 e. The fourth-order valence-corrected chi connectivity index (χ4v) is 2.35. The van der Waals surface area contributed by atoms with Crippen molar-refractivity contribution in [3.8, 4) is 17.2 Å². The summed E-state index contributed by atoms with van der Waals surface area (Å²) in [5.41, 5.74) is 2.30. The van der Waals surface area contributed by atoms with E-state index in [9.17, 15) is 4.79 Å². The van der Waals surface area contributed by atoms with Crippen molar-refractivity contribution >= 4 is 22.7 Å². The molecule has 0 unspecified atom stereocenters. The van der Waals surface area contributed by atoms with Crippen molar-refractivity contribution in [2.24, 2.45) is 0 Å². The molecule has 1 amide bonds. The highest BCUT2D eigenvalue weighted by molar-refractivity contribution is 6.05. The zero-order valence-corrected chi connectivity index (χ0v) is 13.5. The molecular formula is C17H16N2O5. The molecule has 1 heterocycles. The molecule has 0 fully saturated rings. The summed E-state index contributed by atoms with van der Waals surface area (Å²) in [7, 11) is 4.50. The summed E-state index contributed by atoms with van der Waals surface area (Å²) in [6.45, 7) is 0. The molecule has 3 rings (SSSR count). The van der Waals surface area contributed by atoms with E-state index in [0.717, 1.165) is 0 Å². The Kier molecular flexibility index (Phi) is 4.24. The summed E-state index contributed by atoms with van der Waals surface area (Å²) < 4.78 is 20.9. The second-order valence-corrected chi connectivity index (χ2v) is 4.90. The Balaban J connectivity index is 1.91. The van der Waals surface area contributed by atoms with Crippen LogP contribution in [0, 0.1) is 0 Å². The van der Waals surface area contributed by atoms with Crippen LogP contribution in [0.2, 0.25) is 0 Å². The van der Waals surface area contributed by atoms with Gasteiger partial charge in [0.15, 0.2) is 23.5 Å². The van der Waals surface area contributed by atoms with Crippen molar-refractivity contribution < 1.29 is 23.4 Å². The first-order valence-electron chi connectivity index (χ1n) is 7.11. The second kappa shape index (κ2) is 6.49. The Morgan fingerprint density at radius 3 is 2.38 bits per heavy atom. The highest BCUT2D eigenvalue weighted by Gasteiger charge is 2.17. The number of ether oxygens (including phenoxy) is 3.